The molecule has 1 N–H and O–H groups in total. The van der Waals surface area contributed by atoms with Gasteiger partial charge in [-0.15, -0.1) is 5.10 Å². The molecule has 4 aromatic rings. The molecule has 9 nitrogen and oxygen atoms in total. The normalized spacial score (nSPS) is 12.6. The van der Waals surface area contributed by atoms with Gasteiger partial charge in [0.2, 0.25) is 0 Å². The van der Waals surface area contributed by atoms with Crippen molar-refractivity contribution in [2.24, 2.45) is 0 Å². The molecule has 0 radical (unpaired) electrons. The van der Waals surface area contributed by atoms with Crippen LogP contribution in [0.25, 0.3) is 10.9 Å². The second-order valence-corrected chi connectivity index (χ2v) is 8.69. The molecule has 0 bridgehead atoms. The van der Waals surface area contributed by atoms with Crippen LogP contribution in [0.5, 0.6) is 0 Å². The van der Waals surface area contributed by atoms with Gasteiger partial charge >= 0.3 is 0 Å². The summed E-state index contributed by atoms with van der Waals surface area (Å²) in [6, 6.07) is 9.86. The van der Waals surface area contributed by atoms with Gasteiger partial charge in [0.05, 0.1) is 32.0 Å². The van der Waals surface area contributed by atoms with Gasteiger partial charge in [0.15, 0.2) is 5.82 Å². The molecule has 4 rings (SSSR count). The third kappa shape index (κ3) is 5.26. The average molecular weight is 465 g/mol. The number of rotatable bonds is 11. The monoisotopic (exact) mass is 464 g/mol. The van der Waals surface area contributed by atoms with Crippen molar-refractivity contribution in [2.75, 3.05) is 13.7 Å². The Morgan fingerprint density at radius 3 is 2.76 bits per heavy atom. The highest BCUT2D eigenvalue weighted by Crippen LogP contribution is 2.28. The number of benzene rings is 1. The van der Waals surface area contributed by atoms with E-state index in [1.807, 2.05) is 24.3 Å². The molecule has 1 atom stereocenters. The van der Waals surface area contributed by atoms with E-state index in [4.69, 9.17) is 9.15 Å². The van der Waals surface area contributed by atoms with Crippen LogP contribution in [0, 0.1) is 13.8 Å². The van der Waals surface area contributed by atoms with E-state index in [1.54, 1.807) is 18.1 Å². The Morgan fingerprint density at radius 1 is 1.21 bits per heavy atom. The quantitative estimate of drug-likeness (QED) is 0.359. The number of hydrogen-bond acceptors (Lipinski definition) is 7. The van der Waals surface area contributed by atoms with Crippen LogP contribution in [0.15, 0.2) is 45.8 Å². The molecule has 3 aromatic heterocycles. The predicted octanol–water partition coefficient (Wildman–Crippen LogP) is 3.91. The summed E-state index contributed by atoms with van der Waals surface area (Å²) >= 11 is 0. The minimum Gasteiger partial charge on any atom is -0.468 e. The number of nitrogens with zero attached hydrogens (tertiary/aromatic N) is 5. The lowest BCUT2D eigenvalue weighted by molar-refractivity contribution is 0.138. The zero-order valence-corrected chi connectivity index (χ0v) is 20.2. The highest BCUT2D eigenvalue weighted by Gasteiger charge is 2.27. The highest BCUT2D eigenvalue weighted by molar-refractivity contribution is 5.80. The van der Waals surface area contributed by atoms with E-state index in [9.17, 15) is 4.79 Å². The summed E-state index contributed by atoms with van der Waals surface area (Å²) in [4.78, 5) is 18.4. The third-order valence-electron chi connectivity index (χ3n) is 6.22. The summed E-state index contributed by atoms with van der Waals surface area (Å²) in [5.41, 5.74) is 3.80. The van der Waals surface area contributed by atoms with Crippen molar-refractivity contribution in [3.8, 4) is 0 Å². The van der Waals surface area contributed by atoms with E-state index in [-0.39, 0.29) is 11.6 Å². The van der Waals surface area contributed by atoms with Crippen LogP contribution in [0.3, 0.4) is 0 Å². The molecule has 0 spiro atoms. The largest absolute Gasteiger partial charge is 0.468 e. The number of aryl methyl sites for hydroxylation is 2. The Hall–Kier alpha value is -3.30. The van der Waals surface area contributed by atoms with E-state index >= 15 is 0 Å². The van der Waals surface area contributed by atoms with E-state index in [0.29, 0.717) is 31.8 Å². The van der Waals surface area contributed by atoms with Gasteiger partial charge in [-0.25, -0.2) is 4.68 Å². The van der Waals surface area contributed by atoms with Crippen molar-refractivity contribution >= 4 is 10.9 Å². The maximum absolute atomic E-state index is 13.1. The predicted molar refractivity (Wildman–Crippen MR) is 129 cm³/mol. The van der Waals surface area contributed by atoms with Crippen molar-refractivity contribution in [3.05, 3.63) is 75.2 Å². The molecule has 0 fully saturated rings. The Balaban J connectivity index is 1.73. The summed E-state index contributed by atoms with van der Waals surface area (Å²) in [6.07, 6.45) is 3.43. The number of methoxy groups -OCH3 is 1. The van der Waals surface area contributed by atoms with Gasteiger partial charge in [-0.2, -0.15) is 0 Å². The van der Waals surface area contributed by atoms with Crippen LogP contribution in [-0.2, 0) is 24.4 Å². The molecule has 34 heavy (non-hydrogen) atoms. The number of H-pyrrole nitrogens is 1. The lowest BCUT2D eigenvalue weighted by Crippen LogP contribution is -2.32. The Labute approximate surface area is 198 Å². The van der Waals surface area contributed by atoms with E-state index in [2.05, 4.69) is 52.2 Å². The lowest BCUT2D eigenvalue weighted by atomic mass is 10.0. The first-order valence-corrected chi connectivity index (χ1v) is 11.6. The van der Waals surface area contributed by atoms with Gasteiger partial charge in [-0.05, 0) is 77.5 Å². The van der Waals surface area contributed by atoms with Gasteiger partial charge in [0.25, 0.3) is 5.56 Å². The minimum absolute atomic E-state index is 0.0885. The number of furan rings is 1. The summed E-state index contributed by atoms with van der Waals surface area (Å²) in [7, 11) is 1.66. The van der Waals surface area contributed by atoms with Crippen LogP contribution in [0.2, 0.25) is 0 Å². The van der Waals surface area contributed by atoms with Gasteiger partial charge < -0.3 is 14.1 Å². The number of aromatic amines is 1. The molecule has 1 unspecified atom stereocenters. The van der Waals surface area contributed by atoms with Crippen LogP contribution >= 0.6 is 0 Å². The maximum atomic E-state index is 13.1. The molecule has 0 saturated carbocycles. The van der Waals surface area contributed by atoms with Crippen molar-refractivity contribution in [2.45, 2.75) is 59.3 Å². The number of hydrogen-bond donors (Lipinski definition) is 1. The minimum atomic E-state index is -0.100. The number of aromatic nitrogens is 5. The van der Waals surface area contributed by atoms with Gasteiger partial charge in [-0.3, -0.25) is 9.69 Å². The third-order valence-corrected chi connectivity index (χ3v) is 6.22. The van der Waals surface area contributed by atoms with E-state index in [0.717, 1.165) is 40.9 Å². The van der Waals surface area contributed by atoms with Crippen LogP contribution in [-0.4, -0.2) is 43.8 Å². The number of tetrazole rings is 1. The molecule has 0 aliphatic carbocycles. The van der Waals surface area contributed by atoms with Crippen molar-refractivity contribution < 1.29 is 9.15 Å². The first-order chi connectivity index (χ1) is 16.5. The molecule has 180 valence electrons. The standard InChI is InChI=1S/C25H32N6O3/c1-5-7-23(24-27-28-29-31(24)9-11-33-4)30(16-21-8-6-10-34-21)15-20-14-19-12-17(2)18(3)13-22(19)26-25(20)32/h6,8,10,12-14,23H,5,7,9,11,15-16H2,1-4H3,(H,26,32). The van der Waals surface area contributed by atoms with Gasteiger partial charge in [0.1, 0.15) is 5.76 Å². The summed E-state index contributed by atoms with van der Waals surface area (Å²) < 4.78 is 12.7. The molecule has 1 aromatic carbocycles. The molecule has 0 saturated heterocycles. The molecule has 0 aliphatic heterocycles. The zero-order chi connectivity index (χ0) is 24.1. The smallest absolute Gasteiger partial charge is 0.252 e. The first-order valence-electron chi connectivity index (χ1n) is 11.6. The first kappa shape index (κ1) is 23.8. The molecular formula is C25H32N6O3. The SMILES string of the molecule is CCCC(c1nnnn1CCOC)N(Cc1ccco1)Cc1cc2cc(C)c(C)cc2[nH]c1=O. The Bertz CT molecular complexity index is 1280. The second-order valence-electron chi connectivity index (χ2n) is 8.69. The fourth-order valence-electron chi connectivity index (χ4n) is 4.27. The molecule has 9 heteroatoms. The average Bonchev–Trinajstić information content (AvgIpc) is 3.49. The Kier molecular flexibility index (Phi) is 7.54. The molecule has 3 heterocycles. The van der Waals surface area contributed by atoms with Gasteiger partial charge in [0, 0.05) is 24.7 Å². The molecular weight excluding hydrogens is 432 g/mol. The lowest BCUT2D eigenvalue weighted by Gasteiger charge is -2.30. The summed E-state index contributed by atoms with van der Waals surface area (Å²) in [5.74, 6) is 1.58. The summed E-state index contributed by atoms with van der Waals surface area (Å²) in [6.45, 7) is 8.30. The topological polar surface area (TPSA) is 102 Å². The fraction of sp³-hybridized carbons (Fsp3) is 0.440. The van der Waals surface area contributed by atoms with Crippen LogP contribution in [0.4, 0.5) is 0 Å². The number of ether oxygens (including phenoxy) is 1. The number of nitrogens with one attached hydrogen (secondary N) is 1. The van der Waals surface area contributed by atoms with E-state index in [1.165, 1.54) is 5.56 Å². The maximum Gasteiger partial charge on any atom is 0.252 e. The highest BCUT2D eigenvalue weighted by atomic mass is 16.5. The van der Waals surface area contributed by atoms with Crippen molar-refractivity contribution in [1.29, 1.82) is 0 Å². The number of fused-ring (bicyclic) bond motifs is 1. The molecule has 0 amide bonds. The Morgan fingerprint density at radius 2 is 2.03 bits per heavy atom. The number of pyridine rings is 1. The fourth-order valence-corrected chi connectivity index (χ4v) is 4.27. The second kappa shape index (κ2) is 10.8. The van der Waals surface area contributed by atoms with Crippen molar-refractivity contribution in [3.63, 3.8) is 0 Å². The summed E-state index contributed by atoms with van der Waals surface area (Å²) in [5, 5.41) is 13.5. The molecule has 0 aliphatic rings. The van der Waals surface area contributed by atoms with E-state index < -0.39 is 0 Å². The van der Waals surface area contributed by atoms with Crippen LogP contribution < -0.4 is 5.56 Å². The van der Waals surface area contributed by atoms with Crippen LogP contribution in [0.1, 0.15) is 54.1 Å². The van der Waals surface area contributed by atoms with Crippen molar-refractivity contribution in [1.82, 2.24) is 30.1 Å². The zero-order valence-electron chi connectivity index (χ0n) is 20.2. The van der Waals surface area contributed by atoms with Gasteiger partial charge in [-0.1, -0.05) is 13.3 Å².